The molecule has 2 amide bonds. The number of piperidine rings is 1. The highest BCUT2D eigenvalue weighted by molar-refractivity contribution is 6.21. The molecule has 5 heteroatoms. The normalized spacial score (nSPS) is 19.0. The Hall–Kier alpha value is -2.66. The van der Waals surface area contributed by atoms with Gasteiger partial charge in [0, 0.05) is 6.54 Å². The van der Waals surface area contributed by atoms with Gasteiger partial charge in [0.15, 0.2) is 0 Å². The first-order chi connectivity index (χ1) is 16.6. The van der Waals surface area contributed by atoms with E-state index in [0.29, 0.717) is 23.6 Å². The van der Waals surface area contributed by atoms with Gasteiger partial charge in [-0.25, -0.2) is 0 Å². The zero-order valence-electron chi connectivity index (χ0n) is 20.3. The van der Waals surface area contributed by atoms with Crippen molar-refractivity contribution in [2.24, 2.45) is 5.92 Å². The van der Waals surface area contributed by atoms with E-state index in [-0.39, 0.29) is 11.8 Å². The number of carbonyl (C=O) groups excluding carboxylic acids is 2. The lowest BCUT2D eigenvalue weighted by Gasteiger charge is -2.33. The van der Waals surface area contributed by atoms with Crippen LogP contribution >= 0.6 is 0 Å². The number of carbonyl (C=O) groups is 2. The molecule has 1 aliphatic carbocycles. The maximum atomic E-state index is 12.5. The van der Waals surface area contributed by atoms with Crippen LogP contribution in [0.3, 0.4) is 0 Å². The highest BCUT2D eigenvalue weighted by atomic mass is 16.5. The Bertz CT molecular complexity index is 1000. The van der Waals surface area contributed by atoms with E-state index < -0.39 is 0 Å². The summed E-state index contributed by atoms with van der Waals surface area (Å²) in [7, 11) is 0. The van der Waals surface area contributed by atoms with Crippen molar-refractivity contribution >= 4 is 11.8 Å². The topological polar surface area (TPSA) is 49.9 Å². The second-order valence-electron chi connectivity index (χ2n) is 10.1. The molecule has 3 aliphatic rings. The number of aryl methyl sites for hydroxylation is 1. The summed E-state index contributed by atoms with van der Waals surface area (Å²) in [5.41, 5.74) is 3.83. The Labute approximate surface area is 203 Å². The van der Waals surface area contributed by atoms with Crippen LogP contribution in [-0.2, 0) is 6.42 Å². The van der Waals surface area contributed by atoms with E-state index in [2.05, 4.69) is 30.0 Å². The molecule has 1 saturated carbocycles. The fourth-order valence-corrected chi connectivity index (χ4v) is 5.27. The van der Waals surface area contributed by atoms with Crippen LogP contribution in [0, 0.1) is 5.92 Å². The molecule has 0 unspecified atom stereocenters. The van der Waals surface area contributed by atoms with Gasteiger partial charge in [0.05, 0.1) is 17.7 Å². The van der Waals surface area contributed by atoms with E-state index >= 15 is 0 Å². The number of ether oxygens (including phenoxy) is 1. The molecule has 180 valence electrons. The Kier molecular flexibility index (Phi) is 7.00. The first kappa shape index (κ1) is 23.1. The van der Waals surface area contributed by atoms with E-state index in [1.54, 1.807) is 12.1 Å². The summed E-state index contributed by atoms with van der Waals surface area (Å²) in [4.78, 5) is 29.0. The molecule has 5 rings (SSSR count). The summed E-state index contributed by atoms with van der Waals surface area (Å²) in [5.74, 6) is 2.16. The molecule has 34 heavy (non-hydrogen) atoms. The van der Waals surface area contributed by atoms with Gasteiger partial charge in [-0.05, 0) is 106 Å². The number of benzene rings is 2. The van der Waals surface area contributed by atoms with Gasteiger partial charge in [-0.15, -0.1) is 0 Å². The average molecular weight is 461 g/mol. The molecule has 0 N–H and O–H groups in total. The van der Waals surface area contributed by atoms with Crippen molar-refractivity contribution in [3.63, 3.8) is 0 Å². The van der Waals surface area contributed by atoms with E-state index in [4.69, 9.17) is 4.74 Å². The minimum absolute atomic E-state index is 0.143. The van der Waals surface area contributed by atoms with Crippen molar-refractivity contribution in [2.45, 2.75) is 57.8 Å². The molecule has 0 spiro atoms. The monoisotopic (exact) mass is 460 g/mol. The minimum Gasteiger partial charge on any atom is -0.493 e. The Morgan fingerprint density at radius 3 is 2.21 bits per heavy atom. The predicted octanol–water partition coefficient (Wildman–Crippen LogP) is 5.29. The third-order valence-corrected chi connectivity index (χ3v) is 7.67. The largest absolute Gasteiger partial charge is 0.493 e. The van der Waals surface area contributed by atoms with Crippen LogP contribution in [0.1, 0.15) is 83.2 Å². The van der Waals surface area contributed by atoms with E-state index in [1.165, 1.54) is 28.9 Å². The molecule has 0 radical (unpaired) electrons. The molecule has 0 bridgehead atoms. The van der Waals surface area contributed by atoms with Gasteiger partial charge in [0.2, 0.25) is 0 Å². The molecular formula is C29H36N2O3. The van der Waals surface area contributed by atoms with Crippen LogP contribution in [0.2, 0.25) is 0 Å². The fourth-order valence-electron chi connectivity index (χ4n) is 5.27. The van der Waals surface area contributed by atoms with Gasteiger partial charge >= 0.3 is 0 Å². The summed E-state index contributed by atoms with van der Waals surface area (Å²) in [6.45, 7) is 6.78. The summed E-state index contributed by atoms with van der Waals surface area (Å²) in [6, 6.07) is 14.0. The van der Waals surface area contributed by atoms with Gasteiger partial charge in [-0.2, -0.15) is 0 Å². The zero-order valence-corrected chi connectivity index (χ0v) is 20.3. The summed E-state index contributed by atoms with van der Waals surface area (Å²) in [5, 5.41) is 0. The fraction of sp³-hybridized carbons (Fsp3) is 0.517. The van der Waals surface area contributed by atoms with Crippen molar-refractivity contribution in [3.05, 3.63) is 64.7 Å². The molecule has 0 atom stereocenters. The van der Waals surface area contributed by atoms with Crippen molar-refractivity contribution in [1.82, 2.24) is 9.80 Å². The molecular weight excluding hydrogens is 424 g/mol. The van der Waals surface area contributed by atoms with Gasteiger partial charge in [0.25, 0.3) is 11.8 Å². The first-order valence-electron chi connectivity index (χ1n) is 13.1. The number of amides is 2. The number of imide groups is 1. The maximum Gasteiger partial charge on any atom is 0.261 e. The van der Waals surface area contributed by atoms with Gasteiger partial charge in [-0.3, -0.25) is 14.5 Å². The molecule has 0 aromatic heterocycles. The summed E-state index contributed by atoms with van der Waals surface area (Å²) >= 11 is 0. The number of rotatable bonds is 10. The van der Waals surface area contributed by atoms with Crippen LogP contribution in [0.5, 0.6) is 5.75 Å². The summed E-state index contributed by atoms with van der Waals surface area (Å²) < 4.78 is 6.28. The van der Waals surface area contributed by atoms with Gasteiger partial charge in [-0.1, -0.05) is 31.2 Å². The third kappa shape index (κ3) is 5.05. The Morgan fingerprint density at radius 1 is 0.882 bits per heavy atom. The van der Waals surface area contributed by atoms with Crippen LogP contribution < -0.4 is 4.74 Å². The van der Waals surface area contributed by atoms with Crippen molar-refractivity contribution < 1.29 is 14.3 Å². The first-order valence-corrected chi connectivity index (χ1v) is 13.1. The quantitative estimate of drug-likeness (QED) is 0.357. The number of unbranched alkanes of at least 4 members (excludes halogenated alkanes) is 1. The van der Waals surface area contributed by atoms with Crippen molar-refractivity contribution in [1.29, 1.82) is 0 Å². The van der Waals surface area contributed by atoms with Gasteiger partial charge in [0.1, 0.15) is 5.75 Å². The van der Waals surface area contributed by atoms with Crippen molar-refractivity contribution in [3.8, 4) is 5.75 Å². The number of fused-ring (bicyclic) bond motifs is 1. The Morgan fingerprint density at radius 2 is 1.56 bits per heavy atom. The minimum atomic E-state index is -0.143. The van der Waals surface area contributed by atoms with Crippen LogP contribution in [0.15, 0.2) is 42.5 Å². The molecule has 2 heterocycles. The van der Waals surface area contributed by atoms with Crippen LogP contribution in [0.4, 0.5) is 0 Å². The molecule has 2 aromatic rings. The highest BCUT2D eigenvalue weighted by Gasteiger charge is 2.34. The highest BCUT2D eigenvalue weighted by Crippen LogP contribution is 2.37. The van der Waals surface area contributed by atoms with E-state index in [1.807, 2.05) is 12.1 Å². The average Bonchev–Trinajstić information content (AvgIpc) is 3.68. The molecule has 5 nitrogen and oxygen atoms in total. The lowest BCUT2D eigenvalue weighted by Crippen LogP contribution is -2.35. The number of likely N-dealkylation sites (tertiary alicyclic amines) is 1. The van der Waals surface area contributed by atoms with Crippen LogP contribution in [0.25, 0.3) is 0 Å². The van der Waals surface area contributed by atoms with Crippen LogP contribution in [-0.4, -0.2) is 54.4 Å². The van der Waals surface area contributed by atoms with E-state index in [0.717, 1.165) is 70.0 Å². The summed E-state index contributed by atoms with van der Waals surface area (Å²) in [6.07, 6.45) is 7.83. The van der Waals surface area contributed by atoms with Gasteiger partial charge < -0.3 is 9.64 Å². The van der Waals surface area contributed by atoms with Crippen molar-refractivity contribution in [2.75, 3.05) is 32.8 Å². The SMILES string of the molecule is CCc1ccc(C2CCN(CCCCN3C(=O)c4ccccc4C3=O)CC2)c(OCC2CC2)c1. The lowest BCUT2D eigenvalue weighted by atomic mass is 9.88. The number of hydrogen-bond donors (Lipinski definition) is 0. The second-order valence-corrected chi connectivity index (χ2v) is 10.1. The molecule has 2 aliphatic heterocycles. The second kappa shape index (κ2) is 10.3. The predicted molar refractivity (Wildman–Crippen MR) is 133 cm³/mol. The Balaban J connectivity index is 1.08. The number of hydrogen-bond acceptors (Lipinski definition) is 4. The maximum absolute atomic E-state index is 12.5. The molecule has 2 aromatic carbocycles. The van der Waals surface area contributed by atoms with E-state index in [9.17, 15) is 9.59 Å². The zero-order chi connectivity index (χ0) is 23.5. The smallest absolute Gasteiger partial charge is 0.261 e. The lowest BCUT2D eigenvalue weighted by molar-refractivity contribution is 0.0649. The molecule has 1 saturated heterocycles. The molecule has 2 fully saturated rings. The standard InChI is InChI=1S/C29H36N2O3/c1-2-21-11-12-24(27(19-21)34-20-22-9-10-22)23-13-17-30(18-14-23)15-5-6-16-31-28(32)25-7-3-4-8-26(25)29(31)33/h3-4,7-8,11-12,19,22-23H,2,5-6,9-10,13-18,20H2,1H3. The third-order valence-electron chi connectivity index (χ3n) is 7.67. The number of nitrogens with zero attached hydrogens (tertiary/aromatic N) is 2.